The van der Waals surface area contributed by atoms with E-state index in [9.17, 15) is 13.2 Å². The van der Waals surface area contributed by atoms with Crippen LogP contribution in [-0.4, -0.2) is 54.2 Å². The van der Waals surface area contributed by atoms with E-state index in [0.717, 1.165) is 35.2 Å². The third-order valence-corrected chi connectivity index (χ3v) is 8.19. The fraction of sp³-hybridized carbons (Fsp3) is 0.280. The zero-order valence-electron chi connectivity index (χ0n) is 20.1. The van der Waals surface area contributed by atoms with Gasteiger partial charge in [0.25, 0.3) is 5.91 Å². The minimum absolute atomic E-state index is 0.0138. The Hall–Kier alpha value is -3.44. The van der Waals surface area contributed by atoms with Crippen molar-refractivity contribution in [2.75, 3.05) is 19.5 Å². The maximum atomic E-state index is 12.5. The third kappa shape index (κ3) is 5.68. The summed E-state index contributed by atoms with van der Waals surface area (Å²) < 4.78 is 35.0. The number of thioether (sulfide) groups is 1. The van der Waals surface area contributed by atoms with Crippen LogP contribution in [-0.2, 0) is 14.6 Å². The van der Waals surface area contributed by atoms with Crippen LogP contribution in [0, 0.1) is 5.41 Å². The Labute approximate surface area is 214 Å². The second-order valence-electron chi connectivity index (χ2n) is 8.27. The fourth-order valence-electron chi connectivity index (χ4n) is 3.50. The molecule has 0 spiro atoms. The monoisotopic (exact) mass is 526 g/mol. The Morgan fingerprint density at radius 2 is 1.81 bits per heavy atom. The number of nitrogens with one attached hydrogen (secondary N) is 1. The summed E-state index contributed by atoms with van der Waals surface area (Å²) in [6.45, 7) is 5.08. The summed E-state index contributed by atoms with van der Waals surface area (Å²) >= 11 is 0.753. The molecule has 36 heavy (non-hydrogen) atoms. The number of nitrogens with zero attached hydrogens (tertiary/aromatic N) is 3. The van der Waals surface area contributed by atoms with Crippen LogP contribution in [0.1, 0.15) is 37.3 Å². The Kier molecular flexibility index (Phi) is 7.60. The van der Waals surface area contributed by atoms with Gasteiger partial charge in [-0.2, -0.15) is 10.0 Å². The molecule has 11 heteroatoms. The number of amidine groups is 2. The molecule has 0 fully saturated rings. The van der Waals surface area contributed by atoms with Crippen LogP contribution in [0.2, 0.25) is 0 Å². The summed E-state index contributed by atoms with van der Waals surface area (Å²) in [4.78, 5) is 16.4. The zero-order chi connectivity index (χ0) is 25.9. The van der Waals surface area contributed by atoms with E-state index in [1.165, 1.54) is 11.6 Å². The van der Waals surface area contributed by atoms with E-state index in [1.54, 1.807) is 24.3 Å². The highest BCUT2D eigenvalue weighted by Gasteiger charge is 2.38. The highest BCUT2D eigenvalue weighted by atomic mass is 32.3. The predicted molar refractivity (Wildman–Crippen MR) is 142 cm³/mol. The topological polar surface area (TPSA) is 121 Å². The van der Waals surface area contributed by atoms with Gasteiger partial charge in [-0.05, 0) is 59.5 Å². The van der Waals surface area contributed by atoms with Crippen molar-refractivity contribution in [3.05, 3.63) is 65.2 Å². The van der Waals surface area contributed by atoms with Crippen molar-refractivity contribution in [2.45, 2.75) is 26.2 Å². The van der Waals surface area contributed by atoms with Crippen molar-refractivity contribution < 1.29 is 22.7 Å². The number of hydrogen-bond acceptors (Lipinski definition) is 8. The number of carbonyl (C=O) groups is 1. The number of sulfone groups is 1. The molecule has 0 radical (unpaired) electrons. The first-order valence-electron chi connectivity index (χ1n) is 11.3. The summed E-state index contributed by atoms with van der Waals surface area (Å²) in [5.74, 6) is 1.06. The molecule has 1 atom stereocenters. The second kappa shape index (κ2) is 10.7. The largest absolute Gasteiger partial charge is 0.490 e. The highest BCUT2D eigenvalue weighted by molar-refractivity contribution is 8.42. The van der Waals surface area contributed by atoms with Gasteiger partial charge in [-0.25, -0.2) is 8.42 Å². The molecule has 188 valence electrons. The summed E-state index contributed by atoms with van der Waals surface area (Å²) in [7, 11) is -3.58. The molecule has 0 aromatic heterocycles. The average Bonchev–Trinajstić information content (AvgIpc) is 3.30. The maximum Gasteiger partial charge on any atom is 0.283 e. The summed E-state index contributed by atoms with van der Waals surface area (Å²) in [5, 5.41) is 13.4. The second-order valence-corrected chi connectivity index (χ2v) is 11.4. The molecule has 0 bridgehead atoms. The maximum absolute atomic E-state index is 12.5. The lowest BCUT2D eigenvalue weighted by molar-refractivity contribution is -0.114. The van der Waals surface area contributed by atoms with Gasteiger partial charge >= 0.3 is 0 Å². The number of amides is 1. The first kappa shape index (κ1) is 25.6. The number of hydrazone groups is 1. The minimum Gasteiger partial charge on any atom is -0.490 e. The van der Waals surface area contributed by atoms with Gasteiger partial charge in [0.05, 0.1) is 5.57 Å². The van der Waals surface area contributed by atoms with Crippen LogP contribution in [0.5, 0.6) is 11.5 Å². The first-order valence-corrected chi connectivity index (χ1v) is 14.0. The third-order valence-electron chi connectivity index (χ3n) is 5.62. The number of fused-ring (bicyclic) bond motifs is 1. The molecule has 1 N–H and O–H groups in total. The van der Waals surface area contributed by atoms with Crippen molar-refractivity contribution >= 4 is 49.0 Å². The molecule has 0 unspecified atom stereocenters. The molecule has 9 nitrogen and oxygen atoms in total. The van der Waals surface area contributed by atoms with Crippen molar-refractivity contribution in [2.24, 2.45) is 10.1 Å². The van der Waals surface area contributed by atoms with E-state index < -0.39 is 15.7 Å². The lowest BCUT2D eigenvalue weighted by atomic mass is 9.98. The molecule has 2 aromatic carbocycles. The van der Waals surface area contributed by atoms with Gasteiger partial charge < -0.3 is 9.47 Å². The highest BCUT2D eigenvalue weighted by Crippen LogP contribution is 2.30. The molecule has 1 amide bonds. The Bertz CT molecular complexity index is 1380. The van der Waals surface area contributed by atoms with Crippen LogP contribution in [0.25, 0.3) is 6.08 Å². The molecule has 0 aliphatic carbocycles. The number of hydrogen-bond donors (Lipinski definition) is 1. The number of ether oxygens (including phenoxy) is 2. The minimum atomic E-state index is -3.58. The first-order chi connectivity index (χ1) is 17.2. The van der Waals surface area contributed by atoms with Gasteiger partial charge in [-0.15, -0.1) is 5.10 Å². The van der Waals surface area contributed by atoms with Crippen LogP contribution in [0.4, 0.5) is 0 Å². The van der Waals surface area contributed by atoms with Gasteiger partial charge in [0, 0.05) is 6.26 Å². The number of rotatable bonds is 8. The van der Waals surface area contributed by atoms with Crippen LogP contribution < -0.4 is 9.47 Å². The number of benzene rings is 2. The Morgan fingerprint density at radius 3 is 2.50 bits per heavy atom. The van der Waals surface area contributed by atoms with E-state index in [2.05, 4.69) is 30.0 Å². The van der Waals surface area contributed by atoms with Gasteiger partial charge in [0.15, 0.2) is 5.84 Å². The molecule has 2 aliphatic rings. The van der Waals surface area contributed by atoms with E-state index in [0.29, 0.717) is 30.4 Å². The van der Waals surface area contributed by atoms with Gasteiger partial charge in [-0.3, -0.25) is 10.2 Å². The Balaban J connectivity index is 1.37. The molecule has 4 rings (SSSR count). The van der Waals surface area contributed by atoms with Crippen LogP contribution in [0.15, 0.2) is 64.2 Å². The van der Waals surface area contributed by atoms with E-state index >= 15 is 0 Å². The normalized spacial score (nSPS) is 17.5. The zero-order valence-corrected chi connectivity index (χ0v) is 21.7. The lowest BCUT2D eigenvalue weighted by Crippen LogP contribution is -2.35. The van der Waals surface area contributed by atoms with Gasteiger partial charge in [0.2, 0.25) is 19.4 Å². The molecule has 2 aliphatic heterocycles. The quantitative estimate of drug-likeness (QED) is 0.402. The van der Waals surface area contributed by atoms with E-state index in [4.69, 9.17) is 14.9 Å². The smallest absolute Gasteiger partial charge is 0.283 e. The summed E-state index contributed by atoms with van der Waals surface area (Å²) in [6, 6.07) is 15.1. The number of para-hydroxylation sites is 1. The van der Waals surface area contributed by atoms with E-state index in [1.807, 2.05) is 18.2 Å². The average molecular weight is 527 g/mol. The van der Waals surface area contributed by atoms with Crippen LogP contribution in [0.3, 0.4) is 0 Å². The fourth-order valence-corrected chi connectivity index (χ4v) is 5.19. The van der Waals surface area contributed by atoms with Crippen molar-refractivity contribution in [1.82, 2.24) is 5.01 Å². The van der Waals surface area contributed by atoms with Crippen molar-refractivity contribution in [3.63, 3.8) is 0 Å². The van der Waals surface area contributed by atoms with Crippen LogP contribution >= 0.6 is 11.8 Å². The van der Waals surface area contributed by atoms with Crippen molar-refractivity contribution in [3.8, 4) is 11.5 Å². The standard InChI is InChI=1S/C25H26N4O5S2/c1-4-16(2)19-7-5-6-8-21(19)34-14-13-33-18-11-9-17(10-12-18)15-20-22(26)29-24(27-23(20)30)35-25(28-29)36(3,31)32/h5-12,15-16,26H,4,13-14H2,1-3H3/b20-15-,26-22?/t16-/m1/s1. The van der Waals surface area contributed by atoms with E-state index in [-0.39, 0.29) is 21.0 Å². The molecule has 2 heterocycles. The molecule has 2 aromatic rings. The van der Waals surface area contributed by atoms with Crippen molar-refractivity contribution in [1.29, 1.82) is 5.41 Å². The molecular weight excluding hydrogens is 500 g/mol. The Morgan fingerprint density at radius 1 is 1.11 bits per heavy atom. The van der Waals surface area contributed by atoms with Gasteiger partial charge in [0.1, 0.15) is 24.7 Å². The summed E-state index contributed by atoms with van der Waals surface area (Å²) in [5.41, 5.74) is 1.86. The molecular formula is C25H26N4O5S2. The molecule has 0 saturated carbocycles. The summed E-state index contributed by atoms with van der Waals surface area (Å²) in [6.07, 6.45) is 3.56. The lowest BCUT2D eigenvalue weighted by Gasteiger charge is -2.20. The number of carbonyl (C=O) groups excluding carboxylic acids is 1. The molecule has 0 saturated heterocycles. The SMILES string of the molecule is CC[C@@H](C)c1ccccc1OCCOc1ccc(/C=C2/C(=N)N3N=C(S(C)(=O)=O)SC3=NC2=O)cc1. The predicted octanol–water partition coefficient (Wildman–Crippen LogP) is 4.28. The van der Waals surface area contributed by atoms with Gasteiger partial charge in [-0.1, -0.05) is 44.2 Å². The number of aliphatic imine (C=N–C) groups is 1.